The number of carbonyl (C=O) groups excluding carboxylic acids is 1. The minimum absolute atomic E-state index is 0.0800. The monoisotopic (exact) mass is 455 g/mol. The van der Waals surface area contributed by atoms with Crippen LogP contribution in [-0.4, -0.2) is 22.4 Å². The Labute approximate surface area is 187 Å². The van der Waals surface area contributed by atoms with Gasteiger partial charge >= 0.3 is 0 Å². The molecule has 0 radical (unpaired) electrons. The van der Waals surface area contributed by atoms with Gasteiger partial charge in [-0.2, -0.15) is 0 Å². The molecule has 3 heterocycles. The van der Waals surface area contributed by atoms with Crippen LogP contribution in [0.4, 0.5) is 0 Å². The molecule has 0 atom stereocenters. The molecule has 0 unspecified atom stereocenters. The fourth-order valence-electron chi connectivity index (χ4n) is 2.86. The Morgan fingerprint density at radius 3 is 2.47 bits per heavy atom. The quantitative estimate of drug-likeness (QED) is 0.381. The summed E-state index contributed by atoms with van der Waals surface area (Å²) in [6.07, 6.45) is 0.799. The van der Waals surface area contributed by atoms with Gasteiger partial charge in [0.05, 0.1) is 26.3 Å². The number of thiophene rings is 1. The number of carbonyl (C=O) groups is 1. The van der Waals surface area contributed by atoms with Crippen LogP contribution >= 0.6 is 34.0 Å². The number of nitrogens with zero attached hydrogens (tertiary/aromatic N) is 2. The van der Waals surface area contributed by atoms with Crippen LogP contribution in [0.25, 0.3) is 10.6 Å². The average Bonchev–Trinajstić information content (AvgIpc) is 3.48. The Morgan fingerprint density at radius 1 is 1.00 bits per heavy atom. The van der Waals surface area contributed by atoms with Crippen molar-refractivity contribution in [2.24, 2.45) is 0 Å². The Morgan fingerprint density at radius 2 is 1.77 bits per heavy atom. The van der Waals surface area contributed by atoms with E-state index in [1.165, 1.54) is 9.75 Å². The highest BCUT2D eigenvalue weighted by Crippen LogP contribution is 2.29. The van der Waals surface area contributed by atoms with Crippen molar-refractivity contribution >= 4 is 39.9 Å². The van der Waals surface area contributed by atoms with Gasteiger partial charge in [-0.25, -0.2) is 9.97 Å². The van der Waals surface area contributed by atoms with Gasteiger partial charge in [0, 0.05) is 27.7 Å². The van der Waals surface area contributed by atoms with Crippen molar-refractivity contribution in [2.45, 2.75) is 26.9 Å². The highest BCUT2D eigenvalue weighted by atomic mass is 32.1. The van der Waals surface area contributed by atoms with Crippen LogP contribution in [0.2, 0.25) is 0 Å². The molecule has 4 rings (SSSR count). The first-order valence-corrected chi connectivity index (χ1v) is 12.1. The van der Waals surface area contributed by atoms with Gasteiger partial charge in [-0.15, -0.1) is 34.0 Å². The van der Waals surface area contributed by atoms with Gasteiger partial charge in [0.2, 0.25) is 0 Å². The third kappa shape index (κ3) is 5.33. The lowest BCUT2D eigenvalue weighted by molar-refractivity contribution is 0.0954. The second-order valence-corrected chi connectivity index (χ2v) is 9.99. The van der Waals surface area contributed by atoms with Gasteiger partial charge in [-0.05, 0) is 56.7 Å². The molecule has 0 saturated carbocycles. The molecular formula is C22H21N3O2S3. The smallest absolute Gasteiger partial charge is 0.251 e. The van der Waals surface area contributed by atoms with Gasteiger partial charge < -0.3 is 10.1 Å². The maximum Gasteiger partial charge on any atom is 0.251 e. The van der Waals surface area contributed by atoms with Crippen molar-refractivity contribution in [1.82, 2.24) is 15.3 Å². The molecule has 0 saturated heterocycles. The highest BCUT2D eigenvalue weighted by molar-refractivity contribution is 7.16. The van der Waals surface area contributed by atoms with Crippen LogP contribution in [-0.2, 0) is 13.0 Å². The third-order valence-electron chi connectivity index (χ3n) is 4.36. The lowest BCUT2D eigenvalue weighted by atomic mass is 10.2. The molecule has 4 aromatic rings. The summed E-state index contributed by atoms with van der Waals surface area (Å²) < 4.78 is 5.73. The first-order chi connectivity index (χ1) is 14.6. The number of aromatic nitrogens is 2. The fourth-order valence-corrected chi connectivity index (χ4v) is 5.11. The molecule has 30 heavy (non-hydrogen) atoms. The van der Waals surface area contributed by atoms with Crippen LogP contribution in [0.1, 0.15) is 30.9 Å². The number of benzene rings is 1. The number of rotatable bonds is 8. The minimum Gasteiger partial charge on any atom is -0.487 e. The SMILES string of the molecule is Cc1nc(COc2ccc(C(=O)NCCc3ccc(-c4csc(C)n4)s3)cc2)cs1. The lowest BCUT2D eigenvalue weighted by Crippen LogP contribution is -2.25. The topological polar surface area (TPSA) is 64.1 Å². The molecule has 5 nitrogen and oxygen atoms in total. The molecule has 3 aromatic heterocycles. The molecule has 154 valence electrons. The summed E-state index contributed by atoms with van der Waals surface area (Å²) in [5, 5.41) is 9.16. The molecule has 8 heteroatoms. The van der Waals surface area contributed by atoms with Crippen molar-refractivity contribution in [1.29, 1.82) is 0 Å². The first-order valence-electron chi connectivity index (χ1n) is 9.50. The molecular weight excluding hydrogens is 434 g/mol. The zero-order valence-electron chi connectivity index (χ0n) is 16.7. The summed E-state index contributed by atoms with van der Waals surface area (Å²) in [4.78, 5) is 23.7. The Bertz CT molecular complexity index is 1130. The normalized spacial score (nSPS) is 10.9. The molecule has 1 amide bonds. The number of hydrogen-bond donors (Lipinski definition) is 1. The van der Waals surface area contributed by atoms with Crippen molar-refractivity contribution in [3.05, 3.63) is 73.3 Å². The molecule has 0 aliphatic heterocycles. The van der Waals surface area contributed by atoms with Gasteiger partial charge in [-0.3, -0.25) is 4.79 Å². The summed E-state index contributed by atoms with van der Waals surface area (Å²) in [5.74, 6) is 0.643. The lowest BCUT2D eigenvalue weighted by Gasteiger charge is -2.07. The summed E-state index contributed by atoms with van der Waals surface area (Å²) >= 11 is 4.99. The molecule has 0 aliphatic carbocycles. The van der Waals surface area contributed by atoms with Crippen molar-refractivity contribution in [3.63, 3.8) is 0 Å². The molecule has 0 bridgehead atoms. The van der Waals surface area contributed by atoms with Crippen LogP contribution in [0.15, 0.2) is 47.2 Å². The number of hydrogen-bond acceptors (Lipinski definition) is 7. The van der Waals surface area contributed by atoms with Gasteiger partial charge in [0.15, 0.2) is 0 Å². The Hall–Kier alpha value is -2.55. The number of nitrogens with one attached hydrogen (secondary N) is 1. The number of aryl methyl sites for hydroxylation is 2. The first kappa shape index (κ1) is 20.7. The molecule has 0 spiro atoms. The van der Waals surface area contributed by atoms with Gasteiger partial charge in [0.25, 0.3) is 5.91 Å². The number of thiazole rings is 2. The predicted octanol–water partition coefficient (Wildman–Crippen LogP) is 5.50. The maximum atomic E-state index is 12.4. The van der Waals surface area contributed by atoms with E-state index in [0.29, 0.717) is 18.7 Å². The molecule has 1 N–H and O–H groups in total. The Balaban J connectivity index is 1.24. The number of ether oxygens (including phenoxy) is 1. The second-order valence-electron chi connectivity index (χ2n) is 6.69. The Kier molecular flexibility index (Phi) is 6.56. The maximum absolute atomic E-state index is 12.4. The van der Waals surface area contributed by atoms with E-state index in [1.54, 1.807) is 46.1 Å². The minimum atomic E-state index is -0.0800. The van der Waals surface area contributed by atoms with Gasteiger partial charge in [0.1, 0.15) is 12.4 Å². The average molecular weight is 456 g/mol. The summed E-state index contributed by atoms with van der Waals surface area (Å²) in [7, 11) is 0. The van der Waals surface area contributed by atoms with E-state index in [1.807, 2.05) is 31.4 Å². The van der Waals surface area contributed by atoms with E-state index in [0.717, 1.165) is 33.6 Å². The van der Waals surface area contributed by atoms with Crippen molar-refractivity contribution in [3.8, 4) is 16.3 Å². The zero-order valence-corrected chi connectivity index (χ0v) is 19.1. The van der Waals surface area contributed by atoms with E-state index in [-0.39, 0.29) is 5.91 Å². The summed E-state index contributed by atoms with van der Waals surface area (Å²) in [5.41, 5.74) is 2.57. The van der Waals surface area contributed by atoms with E-state index in [9.17, 15) is 4.79 Å². The van der Waals surface area contributed by atoms with E-state index in [4.69, 9.17) is 4.74 Å². The summed E-state index contributed by atoms with van der Waals surface area (Å²) in [6.45, 7) is 5.01. The van der Waals surface area contributed by atoms with Crippen molar-refractivity contribution in [2.75, 3.05) is 6.54 Å². The van der Waals surface area contributed by atoms with Gasteiger partial charge in [-0.1, -0.05) is 0 Å². The molecule has 1 aromatic carbocycles. The van der Waals surface area contributed by atoms with E-state index < -0.39 is 0 Å². The summed E-state index contributed by atoms with van der Waals surface area (Å²) in [6, 6.07) is 11.4. The van der Waals surface area contributed by atoms with Crippen LogP contribution in [0.3, 0.4) is 0 Å². The standard InChI is InChI=1S/C22H21N3O2S3/c1-14-24-17(12-28-14)11-27-18-5-3-16(4-6-18)22(26)23-10-9-19-7-8-21(30-19)20-13-29-15(2)25-20/h3-8,12-13H,9-11H2,1-2H3,(H,23,26). The molecule has 0 fully saturated rings. The van der Waals surface area contributed by atoms with Crippen LogP contribution < -0.4 is 10.1 Å². The highest BCUT2D eigenvalue weighted by Gasteiger charge is 2.09. The molecule has 0 aliphatic rings. The van der Waals surface area contributed by atoms with E-state index in [2.05, 4.69) is 32.8 Å². The number of amides is 1. The van der Waals surface area contributed by atoms with Crippen molar-refractivity contribution < 1.29 is 9.53 Å². The predicted molar refractivity (Wildman–Crippen MR) is 124 cm³/mol. The van der Waals surface area contributed by atoms with Crippen LogP contribution in [0.5, 0.6) is 5.75 Å². The third-order valence-corrected chi connectivity index (χ3v) is 7.12. The largest absolute Gasteiger partial charge is 0.487 e. The van der Waals surface area contributed by atoms with E-state index >= 15 is 0 Å². The second kappa shape index (κ2) is 9.51. The fraction of sp³-hybridized carbons (Fsp3) is 0.227. The zero-order chi connectivity index (χ0) is 20.9. The van der Waals surface area contributed by atoms with Crippen LogP contribution in [0, 0.1) is 13.8 Å².